The molecule has 12 nitrogen and oxygen atoms in total. The molecule has 0 fully saturated rings. The Morgan fingerprint density at radius 1 is 0.415 bits per heavy atom. The van der Waals surface area contributed by atoms with Crippen LogP contribution in [0, 0.1) is 57.2 Å². The van der Waals surface area contributed by atoms with Gasteiger partial charge in [-0.1, -0.05) is 115 Å². The average Bonchev–Trinajstić information content (AvgIpc) is 1.55. The fourth-order valence-electron chi connectivity index (χ4n) is 15.0. The molecule has 5 aromatic carbocycles. The molecule has 0 saturated heterocycles. The quantitative estimate of drug-likeness (QED) is 0.0574. The number of benzene rings is 5. The van der Waals surface area contributed by atoms with Crippen molar-refractivity contribution in [3.8, 4) is 87.2 Å². The number of nitrogens with zero attached hydrogens (tertiary/aromatic N) is 10. The lowest BCUT2D eigenvalue weighted by molar-refractivity contribution is 0.452. The van der Waals surface area contributed by atoms with Crippen molar-refractivity contribution in [2.24, 2.45) is 11.8 Å². The topological polar surface area (TPSA) is 175 Å². The van der Waals surface area contributed by atoms with Crippen molar-refractivity contribution in [2.75, 3.05) is 0 Å². The maximum Gasteiger partial charge on any atom is 0.269 e. The fourth-order valence-corrected chi connectivity index (χ4v) is 24.0. The summed E-state index contributed by atoms with van der Waals surface area (Å²) in [5.41, 5.74) is 12.7. The van der Waals surface area contributed by atoms with Crippen LogP contribution in [0.1, 0.15) is 126 Å². The maximum absolute atomic E-state index is 13.5. The van der Waals surface area contributed by atoms with Gasteiger partial charge in [-0.15, -0.1) is 90.7 Å². The zero-order valence-corrected chi connectivity index (χ0v) is 66.8. The van der Waals surface area contributed by atoms with Gasteiger partial charge in [-0.05, 0) is 161 Å². The largest absolute Gasteiger partial charge is 0.341 e. The van der Waals surface area contributed by atoms with E-state index < -0.39 is 0 Å². The van der Waals surface area contributed by atoms with E-state index in [2.05, 4.69) is 160 Å². The van der Waals surface area contributed by atoms with E-state index in [9.17, 15) is 30.6 Å². The molecule has 0 bridgehead atoms. The van der Waals surface area contributed by atoms with Crippen LogP contribution in [0.3, 0.4) is 0 Å². The molecule has 0 spiro atoms. The van der Waals surface area contributed by atoms with Gasteiger partial charge in [0.15, 0.2) is 11.1 Å². The first-order valence-corrected chi connectivity index (χ1v) is 43.1. The molecule has 2 atom stereocenters. The number of unbranched alkanes of at least 4 members (excludes halogenated alkanes) is 2. The average molecular weight is 1540 g/mol. The van der Waals surface area contributed by atoms with Crippen LogP contribution < -0.4 is 29.5 Å². The van der Waals surface area contributed by atoms with Gasteiger partial charge >= 0.3 is 0 Å². The van der Waals surface area contributed by atoms with Gasteiger partial charge in [0.1, 0.15) is 43.6 Å². The lowest BCUT2D eigenvalue weighted by Crippen LogP contribution is -2.31. The predicted octanol–water partition coefficient (Wildman–Crippen LogP) is 21.5. The van der Waals surface area contributed by atoms with Crippen molar-refractivity contribution >= 4 is 178 Å². The molecule has 10 heterocycles. The summed E-state index contributed by atoms with van der Waals surface area (Å²) in [7, 11) is 0. The number of hydrogen-bond donors (Lipinski definition) is 0. The molecular weight excluding hydrogens is 1460 g/mol. The highest BCUT2D eigenvalue weighted by Crippen LogP contribution is 2.53. The molecule has 20 heteroatoms. The van der Waals surface area contributed by atoms with Crippen LogP contribution in [0.5, 0.6) is 0 Å². The lowest BCUT2D eigenvalue weighted by Gasteiger charge is -2.13. The van der Waals surface area contributed by atoms with Crippen molar-refractivity contribution < 1.29 is 0 Å². The summed E-state index contributed by atoms with van der Waals surface area (Å²) in [5.74, 6) is 1.24. The minimum Gasteiger partial charge on any atom is -0.341 e. The zero-order chi connectivity index (χ0) is 73.6. The summed E-state index contributed by atoms with van der Waals surface area (Å²) in [4.78, 5) is 48.1. The Kier molecular flexibility index (Phi) is 21.0. The third-order valence-electron chi connectivity index (χ3n) is 20.6. The highest BCUT2D eigenvalue weighted by Gasteiger charge is 2.29. The Bertz CT molecular complexity index is 6090. The smallest absolute Gasteiger partial charge is 0.269 e. The number of hydrogen-bond acceptors (Lipinski definition) is 16. The second-order valence-corrected chi connectivity index (χ2v) is 35.5. The molecule has 2 unspecified atom stereocenters. The van der Waals surface area contributed by atoms with E-state index >= 15 is 0 Å². The summed E-state index contributed by atoms with van der Waals surface area (Å²) in [6, 6.07) is 52.9. The second kappa shape index (κ2) is 30.8. The van der Waals surface area contributed by atoms with E-state index in [4.69, 9.17) is 9.97 Å². The van der Waals surface area contributed by atoms with E-state index in [0.29, 0.717) is 43.3 Å². The molecule has 0 aliphatic heterocycles. The SMILES string of the molecule is CCCCC(CC)Cc1ccc(-c2c3nc(-c4ccc5c6cc(-c7ccc(/C=c8/sc(=C(C#N)C#N)n(CC)c8=O)s7)ccc6n(CC)c5c4)sc3c(-c3ccc(CC(CC)CCCC)s3)c3nc(-c4ccc5c6cc(-c7ccc(/C=c8\sc(=C(C#N)C#N)n(CC)c8=O)s7)ccc6n(CC)c5c4)sc23)s1. The van der Waals surface area contributed by atoms with Gasteiger partial charge in [0.25, 0.3) is 11.1 Å². The molecule has 0 radical (unpaired) electrons. The Balaban J connectivity index is 0.862. The molecule has 530 valence electrons. The van der Waals surface area contributed by atoms with Crippen molar-refractivity contribution in [1.29, 1.82) is 21.0 Å². The third-order valence-corrected chi connectivity index (χ3v) is 29.5. The fraction of sp³-hybridized carbons (Fsp3) is 0.279. The van der Waals surface area contributed by atoms with Gasteiger partial charge in [0.05, 0.1) is 29.5 Å². The van der Waals surface area contributed by atoms with Crippen LogP contribution in [0.2, 0.25) is 0 Å². The summed E-state index contributed by atoms with van der Waals surface area (Å²) < 4.78 is 11.9. The lowest BCUT2D eigenvalue weighted by atomic mass is 9.95. The summed E-state index contributed by atoms with van der Waals surface area (Å²) in [6.07, 6.45) is 15.5. The van der Waals surface area contributed by atoms with Gasteiger partial charge in [0.2, 0.25) is 0 Å². The number of aromatic nitrogens is 6. The summed E-state index contributed by atoms with van der Waals surface area (Å²) >= 11 is 13.0. The number of thiazole rings is 4. The molecule has 0 amide bonds. The Morgan fingerprint density at radius 2 is 0.811 bits per heavy atom. The number of fused-ring (bicyclic) bond motifs is 8. The second-order valence-electron chi connectivity index (χ2n) is 26.9. The predicted molar refractivity (Wildman–Crippen MR) is 452 cm³/mol. The highest BCUT2D eigenvalue weighted by atomic mass is 32.1. The van der Waals surface area contributed by atoms with Gasteiger partial charge in [-0.25, -0.2) is 9.97 Å². The molecule has 0 saturated carbocycles. The number of rotatable bonds is 24. The minimum absolute atomic E-state index is 0.0574. The van der Waals surface area contributed by atoms with E-state index in [0.717, 1.165) is 144 Å². The van der Waals surface area contributed by atoms with Crippen molar-refractivity contribution in [1.82, 2.24) is 28.2 Å². The van der Waals surface area contributed by atoms with Gasteiger partial charge in [-0.2, -0.15) is 21.0 Å². The normalized spacial score (nSPS) is 12.8. The van der Waals surface area contributed by atoms with E-state index in [1.165, 1.54) is 111 Å². The number of aryl methyl sites for hydroxylation is 2. The molecule has 0 aliphatic rings. The summed E-state index contributed by atoms with van der Waals surface area (Å²) in [6.45, 7) is 19.7. The van der Waals surface area contributed by atoms with E-state index in [1.807, 2.05) is 85.1 Å². The molecule has 15 rings (SSSR count). The maximum atomic E-state index is 13.5. The first kappa shape index (κ1) is 72.2. The monoisotopic (exact) mass is 1540 g/mol. The van der Waals surface area contributed by atoms with Crippen LogP contribution in [0.25, 0.3) is 150 Å². The first-order valence-electron chi connectivity index (χ1n) is 36.6. The molecular formula is C86H76N10O2S8. The van der Waals surface area contributed by atoms with Crippen LogP contribution >= 0.6 is 90.7 Å². The zero-order valence-electron chi connectivity index (χ0n) is 60.3. The van der Waals surface area contributed by atoms with Crippen molar-refractivity contribution in [3.05, 3.63) is 180 Å². The van der Waals surface area contributed by atoms with Crippen LogP contribution in [-0.4, -0.2) is 28.2 Å². The molecule has 0 aliphatic carbocycles. The first-order chi connectivity index (χ1) is 51.8. The van der Waals surface area contributed by atoms with Crippen molar-refractivity contribution in [2.45, 2.75) is 146 Å². The number of nitriles is 4. The Labute approximate surface area is 646 Å². The highest BCUT2D eigenvalue weighted by molar-refractivity contribution is 7.26. The minimum atomic E-state index is -0.201. The molecule has 106 heavy (non-hydrogen) atoms. The Morgan fingerprint density at radius 3 is 1.19 bits per heavy atom. The molecule has 10 aromatic heterocycles. The van der Waals surface area contributed by atoms with E-state index in [-0.39, 0.29) is 22.3 Å². The van der Waals surface area contributed by atoms with Gasteiger partial charge < -0.3 is 9.13 Å². The van der Waals surface area contributed by atoms with Crippen molar-refractivity contribution in [3.63, 3.8) is 0 Å². The molecule has 0 N–H and O–H groups in total. The van der Waals surface area contributed by atoms with Gasteiger partial charge in [-0.3, -0.25) is 18.7 Å². The van der Waals surface area contributed by atoms with Crippen LogP contribution in [0.4, 0.5) is 0 Å². The summed E-state index contributed by atoms with van der Waals surface area (Å²) in [5, 5.41) is 45.3. The molecule has 15 aromatic rings. The van der Waals surface area contributed by atoms with Gasteiger partial charge in [0, 0.05) is 131 Å². The third kappa shape index (κ3) is 13.2. The standard InChI is InChI=1S/C86H76N10O2S8/c1-9-17-19-49(11-3)37-57-27-35-71(101-57)75-77-80(106-81(91-77)53-21-29-61-63-39-51(23-31-65(63)93(13-5)67(61)41-53)69-33-25-59(99-69)43-73-83(97)95(15-7)85(103-73)55(45-87)46-88)76(72-36-28-58(102-72)38-50(12-4)20-18-10-2)78-79(75)105-82(92-78)54-22-30-62-64-40-52(24-32-66(64)94(14-6)68(62)42-54)70-34-26-60(100-70)44-74-84(98)96(16-8)86(104-74)56(47-89)48-90/h21-36,39-44,49-50H,9-20,37-38H2,1-8H3/b73-43-,74-44+. The van der Waals surface area contributed by atoms with E-state index in [1.54, 1.807) is 45.3 Å². The van der Waals surface area contributed by atoms with Crippen LogP contribution in [-0.2, 0) is 39.0 Å². The van der Waals surface area contributed by atoms with Crippen LogP contribution in [0.15, 0.2) is 131 Å². The number of thiophene rings is 4. The Hall–Kier alpha value is -9.42.